The molecule has 0 unspecified atom stereocenters. The van der Waals surface area contributed by atoms with Gasteiger partial charge in [0.15, 0.2) is 11.6 Å². The van der Waals surface area contributed by atoms with Crippen molar-refractivity contribution in [1.29, 1.82) is 0 Å². The van der Waals surface area contributed by atoms with Crippen molar-refractivity contribution in [1.82, 2.24) is 20.4 Å². The molecule has 180 valence electrons. The summed E-state index contributed by atoms with van der Waals surface area (Å²) < 4.78 is 16.1. The number of aromatic nitrogens is 4. The van der Waals surface area contributed by atoms with Crippen LogP contribution in [0.25, 0.3) is 0 Å². The number of carbonyl (C=O) groups excluding carboxylic acids is 1. The van der Waals surface area contributed by atoms with Gasteiger partial charge in [0.25, 0.3) is 0 Å². The van der Waals surface area contributed by atoms with Crippen LogP contribution in [0.4, 0.5) is 10.9 Å². The molecule has 0 radical (unpaired) electrons. The summed E-state index contributed by atoms with van der Waals surface area (Å²) >= 11 is 1.38. The van der Waals surface area contributed by atoms with Gasteiger partial charge in [-0.25, -0.2) is 0 Å². The Morgan fingerprint density at radius 3 is 2.53 bits per heavy atom. The number of hydrogen-bond acceptors (Lipinski definition) is 11. The van der Waals surface area contributed by atoms with Crippen LogP contribution in [0.3, 0.4) is 0 Å². The SMILES string of the molecule is COc1cc(OC)cc([C@@H](OC)C(=O)Cc2nnc(N[C@@H]3CCN(c4ccc(C)nn4)C3)s2)c1. The summed E-state index contributed by atoms with van der Waals surface area (Å²) in [7, 11) is 4.64. The van der Waals surface area contributed by atoms with Crippen molar-refractivity contribution in [3.8, 4) is 11.5 Å². The molecule has 1 fully saturated rings. The summed E-state index contributed by atoms with van der Waals surface area (Å²) in [5.41, 5.74) is 1.56. The van der Waals surface area contributed by atoms with E-state index in [1.165, 1.54) is 18.4 Å². The molecule has 1 N–H and O–H groups in total. The first-order valence-corrected chi connectivity index (χ1v) is 11.7. The van der Waals surface area contributed by atoms with Gasteiger partial charge >= 0.3 is 0 Å². The van der Waals surface area contributed by atoms with Crippen molar-refractivity contribution in [2.24, 2.45) is 0 Å². The van der Waals surface area contributed by atoms with E-state index in [4.69, 9.17) is 14.2 Å². The average Bonchev–Trinajstić information content (AvgIpc) is 3.49. The highest BCUT2D eigenvalue weighted by atomic mass is 32.1. The Bertz CT molecular complexity index is 1100. The molecule has 0 saturated carbocycles. The second-order valence-electron chi connectivity index (χ2n) is 8.01. The Morgan fingerprint density at radius 2 is 1.88 bits per heavy atom. The van der Waals surface area contributed by atoms with E-state index in [0.29, 0.717) is 27.2 Å². The molecule has 1 saturated heterocycles. The van der Waals surface area contributed by atoms with Crippen LogP contribution in [-0.4, -0.2) is 66.6 Å². The molecule has 2 aromatic heterocycles. The van der Waals surface area contributed by atoms with Gasteiger partial charge in [-0.15, -0.1) is 15.3 Å². The molecule has 3 aromatic rings. The number of anilines is 2. The lowest BCUT2D eigenvalue weighted by atomic mass is 10.0. The van der Waals surface area contributed by atoms with Crippen LogP contribution in [0.15, 0.2) is 30.3 Å². The van der Waals surface area contributed by atoms with Gasteiger partial charge in [0.2, 0.25) is 5.13 Å². The number of ketones is 1. The maximum absolute atomic E-state index is 13.0. The molecule has 0 bridgehead atoms. The Labute approximate surface area is 202 Å². The number of nitrogens with zero attached hydrogens (tertiary/aromatic N) is 5. The fourth-order valence-electron chi connectivity index (χ4n) is 3.88. The van der Waals surface area contributed by atoms with E-state index in [-0.39, 0.29) is 18.2 Å². The van der Waals surface area contributed by atoms with Gasteiger partial charge in [0.05, 0.1) is 26.3 Å². The monoisotopic (exact) mass is 484 g/mol. The van der Waals surface area contributed by atoms with Crippen molar-refractivity contribution in [3.05, 3.63) is 46.6 Å². The Morgan fingerprint density at radius 1 is 1.12 bits per heavy atom. The summed E-state index contributed by atoms with van der Waals surface area (Å²) in [5.74, 6) is 1.94. The van der Waals surface area contributed by atoms with E-state index in [2.05, 4.69) is 30.6 Å². The number of benzene rings is 1. The molecule has 10 nitrogen and oxygen atoms in total. The first-order chi connectivity index (χ1) is 16.5. The number of hydrogen-bond donors (Lipinski definition) is 1. The standard InChI is InChI=1S/C23H28N6O4S/c1-14-5-6-20(26-25-14)29-8-7-16(13-29)24-23-28-27-21(34-23)12-19(30)22(33-4)15-9-17(31-2)11-18(10-15)32-3/h5-6,9-11,16,22H,7-8,12-13H2,1-4H3,(H,24,28)/t16-,22-/m1/s1. The maximum Gasteiger partial charge on any atom is 0.205 e. The van der Waals surface area contributed by atoms with Crippen molar-refractivity contribution in [3.63, 3.8) is 0 Å². The number of methoxy groups -OCH3 is 3. The lowest BCUT2D eigenvalue weighted by Gasteiger charge is -2.17. The van der Waals surface area contributed by atoms with Crippen LogP contribution in [0, 0.1) is 6.92 Å². The number of carbonyl (C=O) groups is 1. The van der Waals surface area contributed by atoms with Crippen molar-refractivity contribution in [2.45, 2.75) is 31.9 Å². The Hall–Kier alpha value is -3.31. The normalized spacial score (nSPS) is 16.4. The third-order valence-electron chi connectivity index (χ3n) is 5.62. The third kappa shape index (κ3) is 5.60. The highest BCUT2D eigenvalue weighted by molar-refractivity contribution is 7.15. The van der Waals surface area contributed by atoms with E-state index < -0.39 is 6.10 Å². The summed E-state index contributed by atoms with van der Waals surface area (Å²) in [6.45, 7) is 3.61. The smallest absolute Gasteiger partial charge is 0.205 e. The maximum atomic E-state index is 13.0. The minimum Gasteiger partial charge on any atom is -0.497 e. The first kappa shape index (κ1) is 23.8. The molecule has 1 aliphatic rings. The third-order valence-corrected chi connectivity index (χ3v) is 6.48. The van der Waals surface area contributed by atoms with E-state index in [1.54, 1.807) is 32.4 Å². The predicted octanol–water partition coefficient (Wildman–Crippen LogP) is 2.84. The van der Waals surface area contributed by atoms with E-state index in [0.717, 1.165) is 31.0 Å². The lowest BCUT2D eigenvalue weighted by molar-refractivity contribution is -0.128. The zero-order chi connectivity index (χ0) is 24.1. The molecule has 3 heterocycles. The predicted molar refractivity (Wildman–Crippen MR) is 129 cm³/mol. The highest BCUT2D eigenvalue weighted by Crippen LogP contribution is 2.30. The fraction of sp³-hybridized carbons (Fsp3) is 0.435. The molecule has 0 spiro atoms. The summed E-state index contributed by atoms with van der Waals surface area (Å²) in [4.78, 5) is 15.2. The molecule has 11 heteroatoms. The summed E-state index contributed by atoms with van der Waals surface area (Å²) in [6.07, 6.45) is 0.309. The Balaban J connectivity index is 1.37. The van der Waals surface area contributed by atoms with Gasteiger partial charge in [0.1, 0.15) is 22.6 Å². The molecule has 1 aliphatic heterocycles. The van der Waals surface area contributed by atoms with Crippen LogP contribution < -0.4 is 19.7 Å². The molecule has 0 amide bonds. The fourth-order valence-corrected chi connectivity index (χ4v) is 4.71. The largest absolute Gasteiger partial charge is 0.497 e. The second-order valence-corrected chi connectivity index (χ2v) is 9.08. The van der Waals surface area contributed by atoms with Gasteiger partial charge in [0, 0.05) is 32.3 Å². The minimum absolute atomic E-state index is 0.118. The Kier molecular flexibility index (Phi) is 7.53. The number of Topliss-reactive ketones (excluding diaryl/α,β-unsaturated/α-hetero) is 1. The first-order valence-electron chi connectivity index (χ1n) is 10.9. The van der Waals surface area contributed by atoms with Gasteiger partial charge in [-0.05, 0) is 43.2 Å². The quantitative estimate of drug-likeness (QED) is 0.461. The average molecular weight is 485 g/mol. The molecular formula is C23H28N6O4S. The van der Waals surface area contributed by atoms with Crippen molar-refractivity contribution < 1.29 is 19.0 Å². The molecule has 0 aliphatic carbocycles. The number of aryl methyl sites for hydroxylation is 1. The van der Waals surface area contributed by atoms with Gasteiger partial charge < -0.3 is 24.4 Å². The molecule has 4 rings (SSSR count). The number of ether oxygens (including phenoxy) is 3. The molecule has 34 heavy (non-hydrogen) atoms. The van der Waals surface area contributed by atoms with Gasteiger partial charge in [-0.3, -0.25) is 4.79 Å². The molecular weight excluding hydrogens is 456 g/mol. The number of rotatable bonds is 10. The van der Waals surface area contributed by atoms with Gasteiger partial charge in [-0.1, -0.05) is 11.3 Å². The second kappa shape index (κ2) is 10.7. The van der Waals surface area contributed by atoms with Crippen molar-refractivity contribution in [2.75, 3.05) is 44.6 Å². The topological polar surface area (TPSA) is 112 Å². The summed E-state index contributed by atoms with van der Waals surface area (Å²) in [5, 5.41) is 21.6. The van der Waals surface area contributed by atoms with Crippen LogP contribution in [0.2, 0.25) is 0 Å². The van der Waals surface area contributed by atoms with Crippen LogP contribution >= 0.6 is 11.3 Å². The lowest BCUT2D eigenvalue weighted by Crippen LogP contribution is -2.26. The van der Waals surface area contributed by atoms with E-state index in [9.17, 15) is 4.79 Å². The van der Waals surface area contributed by atoms with Crippen LogP contribution in [-0.2, 0) is 16.0 Å². The zero-order valence-corrected chi connectivity index (χ0v) is 20.5. The van der Waals surface area contributed by atoms with Gasteiger partial charge in [-0.2, -0.15) is 5.10 Å². The number of nitrogens with one attached hydrogen (secondary N) is 1. The minimum atomic E-state index is -0.761. The van der Waals surface area contributed by atoms with Crippen LogP contribution in [0.1, 0.15) is 28.8 Å². The highest BCUT2D eigenvalue weighted by Gasteiger charge is 2.26. The summed E-state index contributed by atoms with van der Waals surface area (Å²) in [6, 6.07) is 9.46. The van der Waals surface area contributed by atoms with Crippen molar-refractivity contribution >= 4 is 28.1 Å². The van der Waals surface area contributed by atoms with Crippen LogP contribution in [0.5, 0.6) is 11.5 Å². The molecule has 1 aromatic carbocycles. The van der Waals surface area contributed by atoms with E-state index >= 15 is 0 Å². The molecule has 2 atom stereocenters. The zero-order valence-electron chi connectivity index (χ0n) is 19.6. The van der Waals surface area contributed by atoms with E-state index in [1.807, 2.05) is 19.1 Å².